The number of pyridine rings is 2. The molecule has 3 rings (SSSR count). The van der Waals surface area contributed by atoms with Crippen molar-refractivity contribution in [1.82, 2.24) is 24.9 Å². The largest absolute Gasteiger partial charge is 0.433 e. The zero-order chi connectivity index (χ0) is 21.9. The van der Waals surface area contributed by atoms with Crippen molar-refractivity contribution in [3.05, 3.63) is 48.2 Å². The number of aromatic nitrogens is 5. The van der Waals surface area contributed by atoms with Gasteiger partial charge in [0.2, 0.25) is 17.8 Å². The van der Waals surface area contributed by atoms with Gasteiger partial charge in [-0.3, -0.25) is 0 Å². The van der Waals surface area contributed by atoms with Crippen LogP contribution in [0.5, 0.6) is 0 Å². The number of hydrogen-bond acceptors (Lipinski definition) is 7. The van der Waals surface area contributed by atoms with Crippen LogP contribution in [0.1, 0.15) is 26.5 Å². The topological polar surface area (TPSA) is 88.5 Å². The van der Waals surface area contributed by atoms with Crippen LogP contribution in [0.3, 0.4) is 0 Å². The monoisotopic (exact) mass is 421 g/mol. The van der Waals surface area contributed by atoms with E-state index in [2.05, 4.69) is 35.6 Å². The van der Waals surface area contributed by atoms with Crippen molar-refractivity contribution in [2.24, 2.45) is 5.41 Å². The second-order valence-corrected chi connectivity index (χ2v) is 7.62. The summed E-state index contributed by atoms with van der Waals surface area (Å²) in [5.41, 5.74) is -0.823. The van der Waals surface area contributed by atoms with Gasteiger partial charge in [0.1, 0.15) is 11.4 Å². The predicted molar refractivity (Wildman–Crippen MR) is 103 cm³/mol. The zero-order valence-corrected chi connectivity index (χ0v) is 16.4. The molecule has 0 radical (unpaired) electrons. The van der Waals surface area contributed by atoms with Crippen molar-refractivity contribution in [2.45, 2.75) is 26.9 Å². The van der Waals surface area contributed by atoms with E-state index >= 15 is 0 Å². The zero-order valence-electron chi connectivity index (χ0n) is 16.4. The summed E-state index contributed by atoms with van der Waals surface area (Å²) in [7, 11) is 0. The molecular weight excluding hydrogens is 402 g/mol. The molecule has 0 saturated heterocycles. The highest BCUT2D eigenvalue weighted by molar-refractivity contribution is 5.58. The summed E-state index contributed by atoms with van der Waals surface area (Å²) < 4.78 is 52.1. The molecule has 0 aliphatic carbocycles. The molecule has 3 heterocycles. The van der Waals surface area contributed by atoms with Gasteiger partial charge in [-0.05, 0) is 29.7 Å². The van der Waals surface area contributed by atoms with Gasteiger partial charge in [-0.2, -0.15) is 32.5 Å². The van der Waals surface area contributed by atoms with E-state index < -0.39 is 17.8 Å². The fourth-order valence-electron chi connectivity index (χ4n) is 2.27. The molecule has 7 nitrogen and oxygen atoms in total. The summed E-state index contributed by atoms with van der Waals surface area (Å²) in [6.45, 7) is 6.50. The van der Waals surface area contributed by atoms with E-state index in [-0.39, 0.29) is 28.8 Å². The Kier molecular flexibility index (Phi) is 5.81. The smallest absolute Gasteiger partial charge is 0.354 e. The van der Waals surface area contributed by atoms with Crippen LogP contribution in [-0.2, 0) is 6.18 Å². The van der Waals surface area contributed by atoms with Gasteiger partial charge in [-0.1, -0.05) is 26.8 Å². The Morgan fingerprint density at radius 2 is 1.63 bits per heavy atom. The fraction of sp³-hybridized carbons (Fsp3) is 0.316. The number of halogens is 4. The maximum absolute atomic E-state index is 13.0. The summed E-state index contributed by atoms with van der Waals surface area (Å²) in [5, 5.41) is 5.89. The predicted octanol–water partition coefficient (Wildman–Crippen LogP) is 4.69. The standard InChI is InChI=1S/C19H19F4N7/c1-18(2,3)10-25-16-28-15(12-5-4-6-13(27-12)19(21,22)23)29-17(30-16)26-11-7-8-14(20)24-9-11/h4-9H,10H2,1-3H3,(H2,25,26,28,29,30). The summed E-state index contributed by atoms with van der Waals surface area (Å²) >= 11 is 0. The lowest BCUT2D eigenvalue weighted by molar-refractivity contribution is -0.141. The molecule has 0 atom stereocenters. The average molecular weight is 421 g/mol. The minimum Gasteiger partial charge on any atom is -0.354 e. The molecule has 30 heavy (non-hydrogen) atoms. The first kappa shape index (κ1) is 21.3. The van der Waals surface area contributed by atoms with Crippen LogP contribution in [0.2, 0.25) is 0 Å². The second kappa shape index (κ2) is 8.17. The SMILES string of the molecule is CC(C)(C)CNc1nc(Nc2ccc(F)nc2)nc(-c2cccc(C(F)(F)F)n2)n1. The molecule has 0 fully saturated rings. The van der Waals surface area contributed by atoms with Crippen LogP contribution in [0, 0.1) is 11.4 Å². The summed E-state index contributed by atoms with van der Waals surface area (Å²) in [6.07, 6.45) is -3.36. The lowest BCUT2D eigenvalue weighted by atomic mass is 9.97. The van der Waals surface area contributed by atoms with Gasteiger partial charge in [0.15, 0.2) is 5.82 Å². The Hall–Kier alpha value is -3.37. The first-order valence-electron chi connectivity index (χ1n) is 8.93. The molecule has 2 N–H and O–H groups in total. The first-order valence-corrected chi connectivity index (χ1v) is 8.93. The average Bonchev–Trinajstić information content (AvgIpc) is 2.67. The fourth-order valence-corrected chi connectivity index (χ4v) is 2.27. The molecule has 0 aromatic carbocycles. The maximum atomic E-state index is 13.0. The number of alkyl halides is 3. The van der Waals surface area contributed by atoms with Crippen molar-refractivity contribution in [2.75, 3.05) is 17.2 Å². The van der Waals surface area contributed by atoms with Gasteiger partial charge in [-0.25, -0.2) is 9.97 Å². The highest BCUT2D eigenvalue weighted by atomic mass is 19.4. The van der Waals surface area contributed by atoms with Gasteiger partial charge in [0, 0.05) is 6.54 Å². The van der Waals surface area contributed by atoms with E-state index in [1.807, 2.05) is 20.8 Å². The third-order valence-electron chi connectivity index (χ3n) is 3.66. The van der Waals surface area contributed by atoms with E-state index in [9.17, 15) is 17.6 Å². The molecule has 0 bridgehead atoms. The van der Waals surface area contributed by atoms with Crippen LogP contribution in [-0.4, -0.2) is 31.5 Å². The van der Waals surface area contributed by atoms with E-state index in [0.29, 0.717) is 12.2 Å². The quantitative estimate of drug-likeness (QED) is 0.456. The molecule has 3 aromatic rings. The molecule has 0 saturated carbocycles. The molecule has 3 aromatic heterocycles. The molecule has 0 unspecified atom stereocenters. The normalized spacial score (nSPS) is 12.0. The van der Waals surface area contributed by atoms with E-state index in [4.69, 9.17) is 0 Å². The lowest BCUT2D eigenvalue weighted by Crippen LogP contribution is -2.21. The van der Waals surface area contributed by atoms with Crippen LogP contribution in [0.15, 0.2) is 36.5 Å². The highest BCUT2D eigenvalue weighted by Gasteiger charge is 2.32. The van der Waals surface area contributed by atoms with E-state index in [0.717, 1.165) is 12.1 Å². The molecule has 0 aliphatic heterocycles. The maximum Gasteiger partial charge on any atom is 0.433 e. The van der Waals surface area contributed by atoms with Crippen molar-refractivity contribution in [3.8, 4) is 11.5 Å². The highest BCUT2D eigenvalue weighted by Crippen LogP contribution is 2.29. The van der Waals surface area contributed by atoms with Crippen LogP contribution >= 0.6 is 0 Å². The van der Waals surface area contributed by atoms with Crippen molar-refractivity contribution >= 4 is 17.6 Å². The Labute approximate surface area is 170 Å². The second-order valence-electron chi connectivity index (χ2n) is 7.62. The Balaban J connectivity index is 1.99. The summed E-state index contributed by atoms with van der Waals surface area (Å²) in [4.78, 5) is 19.8. The molecule has 0 aliphatic rings. The molecule has 0 spiro atoms. The van der Waals surface area contributed by atoms with Crippen molar-refractivity contribution in [3.63, 3.8) is 0 Å². The minimum absolute atomic E-state index is 0.0454. The van der Waals surface area contributed by atoms with Gasteiger partial charge in [0.05, 0.1) is 11.9 Å². The van der Waals surface area contributed by atoms with Crippen LogP contribution in [0.4, 0.5) is 35.1 Å². The third kappa shape index (κ3) is 5.82. The number of hydrogen-bond donors (Lipinski definition) is 2. The van der Waals surface area contributed by atoms with Gasteiger partial charge < -0.3 is 10.6 Å². The number of nitrogens with one attached hydrogen (secondary N) is 2. The summed E-state index contributed by atoms with van der Waals surface area (Å²) in [6, 6.07) is 6.05. The Morgan fingerprint density at radius 3 is 2.27 bits per heavy atom. The molecule has 0 amide bonds. The van der Waals surface area contributed by atoms with Crippen molar-refractivity contribution in [1.29, 1.82) is 0 Å². The third-order valence-corrected chi connectivity index (χ3v) is 3.66. The van der Waals surface area contributed by atoms with Gasteiger partial charge in [0.25, 0.3) is 0 Å². The number of nitrogens with zero attached hydrogens (tertiary/aromatic N) is 5. The van der Waals surface area contributed by atoms with Crippen LogP contribution in [0.25, 0.3) is 11.5 Å². The Bertz CT molecular complexity index is 1010. The Morgan fingerprint density at radius 1 is 0.900 bits per heavy atom. The van der Waals surface area contributed by atoms with E-state index in [1.54, 1.807) is 0 Å². The molecular formula is C19H19F4N7. The minimum atomic E-state index is -4.60. The van der Waals surface area contributed by atoms with Gasteiger partial charge >= 0.3 is 6.18 Å². The first-order chi connectivity index (χ1) is 14.0. The van der Waals surface area contributed by atoms with Crippen molar-refractivity contribution < 1.29 is 17.6 Å². The molecule has 158 valence electrons. The lowest BCUT2D eigenvalue weighted by Gasteiger charge is -2.19. The number of rotatable bonds is 5. The van der Waals surface area contributed by atoms with Gasteiger partial charge in [-0.15, -0.1) is 0 Å². The molecule has 11 heteroatoms. The van der Waals surface area contributed by atoms with E-state index in [1.165, 1.54) is 24.4 Å². The van der Waals surface area contributed by atoms with Crippen LogP contribution < -0.4 is 10.6 Å². The number of anilines is 3. The summed E-state index contributed by atoms with van der Waals surface area (Å²) in [5.74, 6) is -0.501.